The topological polar surface area (TPSA) is 55.1 Å². The summed E-state index contributed by atoms with van der Waals surface area (Å²) in [6.45, 7) is 6.38. The first-order valence-corrected chi connectivity index (χ1v) is 6.05. The molecule has 0 aromatic carbocycles. The van der Waals surface area contributed by atoms with Crippen LogP contribution in [0.3, 0.4) is 0 Å². The Bertz CT molecular complexity index is 221. The van der Waals surface area contributed by atoms with Gasteiger partial charge in [-0.1, -0.05) is 26.7 Å². The Balaban J connectivity index is 0.00000225. The minimum atomic E-state index is -0.0404. The Kier molecular flexibility index (Phi) is 7.00. The molecule has 1 rings (SSSR count). The zero-order valence-electron chi connectivity index (χ0n) is 10.5. The first-order valence-electron chi connectivity index (χ1n) is 6.05. The number of nitrogens with one attached hydrogen (secondary N) is 1. The van der Waals surface area contributed by atoms with Crippen molar-refractivity contribution in [2.45, 2.75) is 58.5 Å². The highest BCUT2D eigenvalue weighted by Gasteiger charge is 2.27. The van der Waals surface area contributed by atoms with E-state index in [9.17, 15) is 4.79 Å². The van der Waals surface area contributed by atoms with Gasteiger partial charge in [0.05, 0.1) is 0 Å². The standard InChI is InChI=1S/C12H24N2O.ClH/c1-8-5-4-6-11(10(8)3)14-12(15)7-9(2)13;/h8-11H,4-7,13H2,1-3H3,(H,14,15);1H. The van der Waals surface area contributed by atoms with E-state index in [4.69, 9.17) is 5.73 Å². The number of rotatable bonds is 3. The Hall–Kier alpha value is -0.280. The molecule has 0 aliphatic heterocycles. The molecule has 0 aromatic rings. The third kappa shape index (κ3) is 4.71. The molecule has 3 nitrogen and oxygen atoms in total. The van der Waals surface area contributed by atoms with Crippen molar-refractivity contribution in [3.05, 3.63) is 0 Å². The summed E-state index contributed by atoms with van der Waals surface area (Å²) < 4.78 is 0. The summed E-state index contributed by atoms with van der Waals surface area (Å²) in [5.74, 6) is 1.42. The lowest BCUT2D eigenvalue weighted by molar-refractivity contribution is -0.122. The van der Waals surface area contributed by atoms with Crippen LogP contribution in [0.2, 0.25) is 0 Å². The van der Waals surface area contributed by atoms with E-state index >= 15 is 0 Å². The van der Waals surface area contributed by atoms with Crippen molar-refractivity contribution in [3.8, 4) is 0 Å². The lowest BCUT2D eigenvalue weighted by Gasteiger charge is -2.34. The van der Waals surface area contributed by atoms with Gasteiger partial charge in [0.2, 0.25) is 5.91 Å². The van der Waals surface area contributed by atoms with Crippen LogP contribution in [0.15, 0.2) is 0 Å². The van der Waals surface area contributed by atoms with Crippen LogP contribution < -0.4 is 11.1 Å². The fourth-order valence-corrected chi connectivity index (χ4v) is 2.34. The van der Waals surface area contributed by atoms with E-state index < -0.39 is 0 Å². The fourth-order valence-electron chi connectivity index (χ4n) is 2.34. The molecule has 4 unspecified atom stereocenters. The number of amides is 1. The van der Waals surface area contributed by atoms with Gasteiger partial charge in [0.1, 0.15) is 0 Å². The van der Waals surface area contributed by atoms with Crippen molar-refractivity contribution in [1.82, 2.24) is 5.32 Å². The largest absolute Gasteiger partial charge is 0.353 e. The van der Waals surface area contributed by atoms with Gasteiger partial charge in [-0.15, -0.1) is 12.4 Å². The van der Waals surface area contributed by atoms with Crippen LogP contribution in [0, 0.1) is 11.8 Å². The van der Waals surface area contributed by atoms with Gasteiger partial charge in [-0.3, -0.25) is 4.79 Å². The third-order valence-corrected chi connectivity index (χ3v) is 3.56. The number of carbonyl (C=O) groups excluding carboxylic acids is 1. The third-order valence-electron chi connectivity index (χ3n) is 3.56. The van der Waals surface area contributed by atoms with E-state index in [1.54, 1.807) is 0 Å². The summed E-state index contributed by atoms with van der Waals surface area (Å²) in [6.07, 6.45) is 4.09. The van der Waals surface area contributed by atoms with Gasteiger partial charge in [-0.05, 0) is 25.2 Å². The Morgan fingerprint density at radius 3 is 2.62 bits per heavy atom. The molecule has 0 radical (unpaired) electrons. The molecule has 4 atom stereocenters. The maximum absolute atomic E-state index is 11.6. The molecule has 1 amide bonds. The second-order valence-electron chi connectivity index (χ2n) is 5.12. The number of halogens is 1. The molecular weight excluding hydrogens is 224 g/mol. The van der Waals surface area contributed by atoms with Gasteiger partial charge < -0.3 is 11.1 Å². The second-order valence-corrected chi connectivity index (χ2v) is 5.12. The summed E-state index contributed by atoms with van der Waals surface area (Å²) in [5.41, 5.74) is 5.60. The van der Waals surface area contributed by atoms with Crippen molar-refractivity contribution in [2.24, 2.45) is 17.6 Å². The summed E-state index contributed by atoms with van der Waals surface area (Å²) in [4.78, 5) is 11.6. The van der Waals surface area contributed by atoms with Crippen molar-refractivity contribution < 1.29 is 4.79 Å². The molecule has 0 aromatic heterocycles. The first kappa shape index (κ1) is 15.7. The van der Waals surface area contributed by atoms with E-state index in [2.05, 4.69) is 19.2 Å². The minimum Gasteiger partial charge on any atom is -0.353 e. The van der Waals surface area contributed by atoms with Crippen molar-refractivity contribution in [1.29, 1.82) is 0 Å². The van der Waals surface area contributed by atoms with Crippen molar-refractivity contribution in [2.75, 3.05) is 0 Å². The molecule has 0 heterocycles. The maximum atomic E-state index is 11.6. The first-order chi connectivity index (χ1) is 7.00. The highest BCUT2D eigenvalue weighted by molar-refractivity contribution is 5.85. The average molecular weight is 249 g/mol. The van der Waals surface area contributed by atoms with Crippen molar-refractivity contribution >= 4 is 18.3 Å². The monoisotopic (exact) mass is 248 g/mol. The van der Waals surface area contributed by atoms with Crippen molar-refractivity contribution in [3.63, 3.8) is 0 Å². The predicted molar refractivity (Wildman–Crippen MR) is 69.6 cm³/mol. The molecule has 16 heavy (non-hydrogen) atoms. The van der Waals surface area contributed by atoms with E-state index in [-0.39, 0.29) is 24.4 Å². The Labute approximate surface area is 105 Å². The highest BCUT2D eigenvalue weighted by atomic mass is 35.5. The Morgan fingerprint density at radius 2 is 2.06 bits per heavy atom. The zero-order valence-corrected chi connectivity index (χ0v) is 11.3. The smallest absolute Gasteiger partial charge is 0.221 e. The van der Waals surface area contributed by atoms with E-state index in [1.165, 1.54) is 12.8 Å². The average Bonchev–Trinajstić information content (AvgIpc) is 2.11. The fraction of sp³-hybridized carbons (Fsp3) is 0.917. The van der Waals surface area contributed by atoms with Crippen LogP contribution in [0.25, 0.3) is 0 Å². The Morgan fingerprint density at radius 1 is 1.44 bits per heavy atom. The molecule has 1 aliphatic carbocycles. The quantitative estimate of drug-likeness (QED) is 0.804. The highest BCUT2D eigenvalue weighted by Crippen LogP contribution is 2.29. The van der Waals surface area contributed by atoms with Crippen LogP contribution in [0.1, 0.15) is 46.5 Å². The number of carbonyl (C=O) groups is 1. The van der Waals surface area contributed by atoms with Gasteiger partial charge in [0, 0.05) is 18.5 Å². The molecule has 0 saturated heterocycles. The lowest BCUT2D eigenvalue weighted by atomic mass is 9.78. The summed E-state index contributed by atoms with van der Waals surface area (Å²) in [5, 5.41) is 3.11. The molecular formula is C12H25ClN2O. The van der Waals surface area contributed by atoms with Gasteiger partial charge in [0.15, 0.2) is 0 Å². The van der Waals surface area contributed by atoms with Gasteiger partial charge >= 0.3 is 0 Å². The molecule has 3 N–H and O–H groups in total. The molecule has 96 valence electrons. The number of hydrogen-bond donors (Lipinski definition) is 2. The van der Waals surface area contributed by atoms with Crippen LogP contribution in [0.5, 0.6) is 0 Å². The minimum absolute atomic E-state index is 0. The maximum Gasteiger partial charge on any atom is 0.221 e. The molecule has 0 spiro atoms. The van der Waals surface area contributed by atoms with Gasteiger partial charge in [-0.25, -0.2) is 0 Å². The van der Waals surface area contributed by atoms with Crippen LogP contribution >= 0.6 is 12.4 Å². The zero-order chi connectivity index (χ0) is 11.4. The van der Waals surface area contributed by atoms with E-state index in [1.807, 2.05) is 6.92 Å². The van der Waals surface area contributed by atoms with E-state index in [0.29, 0.717) is 18.4 Å². The summed E-state index contributed by atoms with van der Waals surface area (Å²) >= 11 is 0. The van der Waals surface area contributed by atoms with E-state index in [0.717, 1.165) is 12.3 Å². The summed E-state index contributed by atoms with van der Waals surface area (Å²) in [7, 11) is 0. The molecule has 1 fully saturated rings. The molecule has 1 saturated carbocycles. The number of hydrogen-bond acceptors (Lipinski definition) is 2. The number of nitrogens with two attached hydrogens (primary N) is 1. The lowest BCUT2D eigenvalue weighted by Crippen LogP contribution is -2.44. The van der Waals surface area contributed by atoms with Crippen LogP contribution in [0.4, 0.5) is 0 Å². The van der Waals surface area contributed by atoms with Gasteiger partial charge in [0.25, 0.3) is 0 Å². The normalized spacial score (nSPS) is 31.4. The molecule has 0 bridgehead atoms. The van der Waals surface area contributed by atoms with Crippen LogP contribution in [-0.2, 0) is 4.79 Å². The second kappa shape index (κ2) is 7.13. The summed E-state index contributed by atoms with van der Waals surface area (Å²) in [6, 6.07) is 0.321. The molecule has 4 heteroatoms. The van der Waals surface area contributed by atoms with Gasteiger partial charge in [-0.2, -0.15) is 0 Å². The SMILES string of the molecule is CC(N)CC(=O)NC1CCCC(C)C1C.Cl. The predicted octanol–water partition coefficient (Wildman–Crippen LogP) is 2.09. The molecule has 1 aliphatic rings. The van der Waals surface area contributed by atoms with Crippen LogP contribution in [-0.4, -0.2) is 18.0 Å².